The van der Waals surface area contributed by atoms with E-state index < -0.39 is 0 Å². The number of nitrogens with one attached hydrogen (secondary N) is 2. The third kappa shape index (κ3) is 5.01. The average molecular weight is 463 g/mol. The predicted octanol–water partition coefficient (Wildman–Crippen LogP) is 3.17. The minimum absolute atomic E-state index is 0.0838. The molecular weight excluding hydrogens is 438 g/mol. The number of hydrogen-bond donors (Lipinski definition) is 2. The van der Waals surface area contributed by atoms with Gasteiger partial charge in [-0.3, -0.25) is 14.7 Å². The van der Waals surface area contributed by atoms with Gasteiger partial charge in [0.05, 0.1) is 19.4 Å². The summed E-state index contributed by atoms with van der Waals surface area (Å²) in [5, 5.41) is 9.60. The smallest absolute Gasteiger partial charge is 0.272 e. The maximum Gasteiger partial charge on any atom is 0.272 e. The van der Waals surface area contributed by atoms with E-state index in [2.05, 4.69) is 20.5 Å². The zero-order chi connectivity index (χ0) is 23.5. The van der Waals surface area contributed by atoms with Crippen molar-refractivity contribution in [2.45, 2.75) is 25.9 Å². The monoisotopic (exact) mass is 463 g/mol. The molecule has 0 bridgehead atoms. The quantitative estimate of drug-likeness (QED) is 0.552. The van der Waals surface area contributed by atoms with E-state index in [1.807, 2.05) is 6.92 Å². The lowest BCUT2D eigenvalue weighted by molar-refractivity contribution is 0.0645. The van der Waals surface area contributed by atoms with Crippen molar-refractivity contribution in [1.82, 2.24) is 20.1 Å². The fourth-order valence-corrected chi connectivity index (χ4v) is 3.68. The van der Waals surface area contributed by atoms with Crippen molar-refractivity contribution in [3.8, 4) is 17.2 Å². The summed E-state index contributed by atoms with van der Waals surface area (Å²) in [7, 11) is 0. The van der Waals surface area contributed by atoms with E-state index in [0.29, 0.717) is 47.5 Å². The summed E-state index contributed by atoms with van der Waals surface area (Å²) in [6, 6.07) is 10.1. The Labute approximate surface area is 196 Å². The van der Waals surface area contributed by atoms with Crippen LogP contribution in [0.5, 0.6) is 17.2 Å². The number of aromatic nitrogens is 3. The van der Waals surface area contributed by atoms with Crippen molar-refractivity contribution in [1.29, 1.82) is 0 Å². The minimum Gasteiger partial charge on any atom is -0.488 e. The van der Waals surface area contributed by atoms with Gasteiger partial charge in [0.15, 0.2) is 5.82 Å². The molecule has 2 aliphatic heterocycles. The minimum atomic E-state index is -0.349. The van der Waals surface area contributed by atoms with E-state index >= 15 is 0 Å². The second-order valence-corrected chi connectivity index (χ2v) is 8.31. The number of carbonyl (C=O) groups excluding carboxylic acids is 2. The van der Waals surface area contributed by atoms with E-state index in [1.54, 1.807) is 41.3 Å². The number of ether oxygens (including phenoxy) is 3. The van der Waals surface area contributed by atoms with Gasteiger partial charge < -0.3 is 24.4 Å². The molecular formula is C24H25N5O5. The number of benzene rings is 1. The van der Waals surface area contributed by atoms with E-state index in [9.17, 15) is 9.59 Å². The number of nitrogens with zero attached hydrogens (tertiary/aromatic N) is 3. The highest BCUT2D eigenvalue weighted by molar-refractivity contribution is 6.04. The molecule has 2 aromatic heterocycles. The van der Waals surface area contributed by atoms with Crippen LogP contribution in [0.4, 0.5) is 5.82 Å². The molecule has 5 rings (SSSR count). The number of H-pyrrole nitrogens is 1. The number of anilines is 1. The van der Waals surface area contributed by atoms with Crippen LogP contribution in [0, 0.1) is 6.92 Å². The van der Waals surface area contributed by atoms with Crippen LogP contribution in [-0.2, 0) is 4.74 Å². The first-order valence-electron chi connectivity index (χ1n) is 11.2. The van der Waals surface area contributed by atoms with Crippen LogP contribution in [0.25, 0.3) is 0 Å². The first kappa shape index (κ1) is 21.9. The van der Waals surface area contributed by atoms with Gasteiger partial charge in [-0.25, -0.2) is 4.98 Å². The Morgan fingerprint density at radius 3 is 2.65 bits per heavy atom. The molecule has 0 aliphatic carbocycles. The van der Waals surface area contributed by atoms with Crippen molar-refractivity contribution >= 4 is 17.6 Å². The van der Waals surface area contributed by atoms with Crippen LogP contribution < -0.4 is 14.8 Å². The lowest BCUT2D eigenvalue weighted by Gasteiger charge is -2.30. The fraction of sp³-hybridized carbons (Fsp3) is 0.333. The summed E-state index contributed by atoms with van der Waals surface area (Å²) in [5.41, 5.74) is 1.56. The van der Waals surface area contributed by atoms with Crippen LogP contribution in [0.3, 0.4) is 0 Å². The van der Waals surface area contributed by atoms with Gasteiger partial charge in [-0.05, 0) is 37.6 Å². The zero-order valence-corrected chi connectivity index (χ0v) is 18.7. The molecule has 2 saturated heterocycles. The van der Waals surface area contributed by atoms with Gasteiger partial charge >= 0.3 is 0 Å². The molecule has 0 spiro atoms. The van der Waals surface area contributed by atoms with Crippen molar-refractivity contribution in [3.63, 3.8) is 0 Å². The van der Waals surface area contributed by atoms with Crippen LogP contribution in [0.1, 0.15) is 39.4 Å². The van der Waals surface area contributed by atoms with E-state index in [-0.39, 0.29) is 17.9 Å². The maximum atomic E-state index is 12.9. The summed E-state index contributed by atoms with van der Waals surface area (Å²) < 4.78 is 17.4. The Hall–Kier alpha value is -3.92. The molecule has 3 aromatic rings. The van der Waals surface area contributed by atoms with Gasteiger partial charge in [0.2, 0.25) is 0 Å². The molecule has 34 heavy (non-hydrogen) atoms. The van der Waals surface area contributed by atoms with Crippen LogP contribution >= 0.6 is 0 Å². The molecule has 0 saturated carbocycles. The highest BCUT2D eigenvalue weighted by atomic mass is 16.5. The molecule has 2 N–H and O–H groups in total. The summed E-state index contributed by atoms with van der Waals surface area (Å²) in [6.07, 6.45) is 3.20. The standard InChI is InChI=1S/C24H25N5O5/c1-15-9-22(28-27-15)26-23(30)16-10-19(12-20(11-16)34-18-5-8-32-14-18)33-17-3-4-21(25-13-17)24(31)29-6-2-7-29/h3-4,9-13,18H,2,5-8,14H2,1H3,(H2,26,27,28,30)/t18-/m0/s1. The lowest BCUT2D eigenvalue weighted by atomic mass is 10.1. The van der Waals surface area contributed by atoms with Crippen molar-refractivity contribution < 1.29 is 23.8 Å². The van der Waals surface area contributed by atoms with Gasteiger partial charge in [0.1, 0.15) is 29.0 Å². The predicted molar refractivity (Wildman–Crippen MR) is 122 cm³/mol. The molecule has 4 heterocycles. The fourth-order valence-electron chi connectivity index (χ4n) is 3.68. The van der Waals surface area contributed by atoms with E-state index in [0.717, 1.165) is 31.6 Å². The summed E-state index contributed by atoms with van der Waals surface area (Å²) in [4.78, 5) is 31.2. The molecule has 2 amide bonds. The Balaban J connectivity index is 1.35. The number of carbonyl (C=O) groups is 2. The zero-order valence-electron chi connectivity index (χ0n) is 18.7. The van der Waals surface area contributed by atoms with Crippen molar-refractivity contribution in [2.24, 2.45) is 0 Å². The highest BCUT2D eigenvalue weighted by Crippen LogP contribution is 2.29. The summed E-state index contributed by atoms with van der Waals surface area (Å²) in [5.74, 6) is 1.33. The highest BCUT2D eigenvalue weighted by Gasteiger charge is 2.23. The van der Waals surface area contributed by atoms with Gasteiger partial charge in [-0.1, -0.05) is 0 Å². The largest absolute Gasteiger partial charge is 0.488 e. The second kappa shape index (κ2) is 9.52. The first-order valence-corrected chi connectivity index (χ1v) is 11.2. The molecule has 176 valence electrons. The van der Waals surface area contributed by atoms with Gasteiger partial charge in [0.25, 0.3) is 11.8 Å². The van der Waals surface area contributed by atoms with Crippen molar-refractivity contribution in [3.05, 3.63) is 59.5 Å². The van der Waals surface area contributed by atoms with Crippen LogP contribution in [-0.4, -0.2) is 64.3 Å². The number of hydrogen-bond acceptors (Lipinski definition) is 7. The molecule has 0 radical (unpaired) electrons. The molecule has 2 aliphatic rings. The van der Waals surface area contributed by atoms with Gasteiger partial charge in [0, 0.05) is 42.9 Å². The Morgan fingerprint density at radius 1 is 1.15 bits per heavy atom. The third-order valence-corrected chi connectivity index (χ3v) is 5.61. The van der Waals surface area contributed by atoms with Gasteiger partial charge in [-0.2, -0.15) is 5.10 Å². The molecule has 1 atom stereocenters. The third-order valence-electron chi connectivity index (χ3n) is 5.61. The lowest BCUT2D eigenvalue weighted by Crippen LogP contribution is -2.42. The maximum absolute atomic E-state index is 12.9. The number of pyridine rings is 1. The number of rotatable bonds is 7. The molecule has 1 aromatic carbocycles. The molecule has 2 fully saturated rings. The molecule has 10 heteroatoms. The molecule has 0 unspecified atom stereocenters. The summed E-state index contributed by atoms with van der Waals surface area (Å²) in [6.45, 7) is 4.51. The number of aryl methyl sites for hydroxylation is 1. The van der Waals surface area contributed by atoms with Crippen molar-refractivity contribution in [2.75, 3.05) is 31.6 Å². The average Bonchev–Trinajstić information content (AvgIpc) is 3.44. The number of likely N-dealkylation sites (tertiary alicyclic amines) is 1. The van der Waals surface area contributed by atoms with E-state index in [4.69, 9.17) is 14.2 Å². The van der Waals surface area contributed by atoms with Crippen LogP contribution in [0.15, 0.2) is 42.6 Å². The topological polar surface area (TPSA) is 119 Å². The Kier molecular flexibility index (Phi) is 6.13. The summed E-state index contributed by atoms with van der Waals surface area (Å²) >= 11 is 0. The van der Waals surface area contributed by atoms with E-state index in [1.165, 1.54) is 6.20 Å². The Bertz CT molecular complexity index is 1180. The van der Waals surface area contributed by atoms with Crippen LogP contribution in [0.2, 0.25) is 0 Å². The second-order valence-electron chi connectivity index (χ2n) is 8.31. The van der Waals surface area contributed by atoms with Gasteiger partial charge in [-0.15, -0.1) is 0 Å². The molecule has 10 nitrogen and oxygen atoms in total. The number of amides is 2. The SMILES string of the molecule is Cc1cc(NC(=O)c2cc(Oc3ccc(C(=O)N4CCC4)nc3)cc(O[C@H]3CCOC3)c2)n[nH]1. The Morgan fingerprint density at radius 2 is 2.00 bits per heavy atom. The first-order chi connectivity index (χ1) is 16.5. The normalized spacial score (nSPS) is 17.2. The number of aromatic amines is 1.